The van der Waals surface area contributed by atoms with Crippen LogP contribution in [-0.2, 0) is 16.1 Å². The number of rotatable bonds is 6. The van der Waals surface area contributed by atoms with Crippen molar-refractivity contribution in [1.82, 2.24) is 20.0 Å². The minimum atomic E-state index is -0.310. The van der Waals surface area contributed by atoms with Gasteiger partial charge >= 0.3 is 0 Å². The van der Waals surface area contributed by atoms with E-state index in [4.69, 9.17) is 10.5 Å². The van der Waals surface area contributed by atoms with Crippen LogP contribution in [-0.4, -0.2) is 71.8 Å². The molecule has 0 aromatic carbocycles. The molecule has 1 aliphatic rings. The van der Waals surface area contributed by atoms with E-state index < -0.39 is 0 Å². The van der Waals surface area contributed by atoms with Gasteiger partial charge in [-0.2, -0.15) is 5.10 Å². The summed E-state index contributed by atoms with van der Waals surface area (Å²) in [4.78, 5) is 15.2. The first-order chi connectivity index (χ1) is 9.95. The quantitative estimate of drug-likeness (QED) is 0.748. The first-order valence-electron chi connectivity index (χ1n) is 7.27. The smallest absolute Gasteiger partial charge is 0.231 e. The van der Waals surface area contributed by atoms with Crippen LogP contribution in [0.2, 0.25) is 0 Å². The molecular formula is C14H25N5O2. The van der Waals surface area contributed by atoms with E-state index in [2.05, 4.69) is 15.1 Å². The summed E-state index contributed by atoms with van der Waals surface area (Å²) >= 11 is 0. The number of H-pyrrole nitrogens is 1. The van der Waals surface area contributed by atoms with Crippen molar-refractivity contribution < 1.29 is 9.53 Å². The maximum absolute atomic E-state index is 10.9. The summed E-state index contributed by atoms with van der Waals surface area (Å²) in [6.07, 6.45) is 0.107. The van der Waals surface area contributed by atoms with Gasteiger partial charge in [0.05, 0.1) is 24.9 Å². The number of aromatic nitrogens is 2. The molecule has 0 spiro atoms. The van der Waals surface area contributed by atoms with Gasteiger partial charge in [0.25, 0.3) is 0 Å². The van der Waals surface area contributed by atoms with Crippen LogP contribution in [0.3, 0.4) is 0 Å². The zero-order valence-electron chi connectivity index (χ0n) is 13.1. The van der Waals surface area contributed by atoms with Gasteiger partial charge in [-0.05, 0) is 20.9 Å². The number of primary amides is 1. The topological polar surface area (TPSA) is 87.5 Å². The number of carbonyl (C=O) groups excluding carboxylic acids is 1. The van der Waals surface area contributed by atoms with Crippen molar-refractivity contribution in [1.29, 1.82) is 0 Å². The average molecular weight is 295 g/mol. The van der Waals surface area contributed by atoms with Gasteiger partial charge < -0.3 is 10.5 Å². The Hall–Kier alpha value is -1.44. The lowest BCUT2D eigenvalue weighted by Gasteiger charge is -2.34. The first-order valence-corrected chi connectivity index (χ1v) is 7.27. The van der Waals surface area contributed by atoms with Crippen molar-refractivity contribution in [2.75, 3.05) is 39.8 Å². The molecule has 1 aromatic rings. The van der Waals surface area contributed by atoms with Crippen molar-refractivity contribution in [3.63, 3.8) is 0 Å². The predicted molar refractivity (Wildman–Crippen MR) is 79.8 cm³/mol. The lowest BCUT2D eigenvalue weighted by Crippen LogP contribution is -2.47. The Morgan fingerprint density at radius 3 is 2.95 bits per heavy atom. The van der Waals surface area contributed by atoms with E-state index in [-0.39, 0.29) is 18.6 Å². The number of nitrogens with one attached hydrogen (secondary N) is 1. The molecule has 7 heteroatoms. The van der Waals surface area contributed by atoms with E-state index in [9.17, 15) is 4.79 Å². The zero-order valence-corrected chi connectivity index (χ0v) is 13.1. The van der Waals surface area contributed by atoms with Crippen LogP contribution in [0, 0.1) is 13.8 Å². The fraction of sp³-hybridized carbons (Fsp3) is 0.714. The number of morpholine rings is 1. The number of aryl methyl sites for hydroxylation is 2. The highest BCUT2D eigenvalue weighted by atomic mass is 16.5. The highest BCUT2D eigenvalue weighted by Gasteiger charge is 2.23. The Bertz CT molecular complexity index is 468. The molecule has 0 saturated carbocycles. The maximum atomic E-state index is 10.9. The van der Waals surface area contributed by atoms with Crippen LogP contribution >= 0.6 is 0 Å². The van der Waals surface area contributed by atoms with Gasteiger partial charge in [-0.15, -0.1) is 0 Å². The summed E-state index contributed by atoms with van der Waals surface area (Å²) in [5, 5.41) is 7.26. The third-order valence-electron chi connectivity index (χ3n) is 3.83. The summed E-state index contributed by atoms with van der Waals surface area (Å²) in [5.74, 6) is -0.310. The summed E-state index contributed by atoms with van der Waals surface area (Å²) in [7, 11) is 1.89. The number of hydrogen-bond acceptors (Lipinski definition) is 5. The molecule has 1 aliphatic heterocycles. The standard InChI is InChI=1S/C14H25N5O2/c1-10-13(11(2)17-16-10)8-19-4-5-21-12(7-19)6-18(3)9-14(15)20/h12H,4-9H2,1-3H3,(H2,15,20)(H,16,17)/t12-/m1/s1. The van der Waals surface area contributed by atoms with Crippen molar-refractivity contribution in [2.45, 2.75) is 26.5 Å². The third kappa shape index (κ3) is 4.52. The third-order valence-corrected chi connectivity index (χ3v) is 3.83. The molecule has 2 rings (SSSR count). The summed E-state index contributed by atoms with van der Waals surface area (Å²) in [6, 6.07) is 0. The van der Waals surface area contributed by atoms with Gasteiger partial charge in [0, 0.05) is 37.4 Å². The van der Waals surface area contributed by atoms with Gasteiger partial charge in [-0.25, -0.2) is 0 Å². The highest BCUT2D eigenvalue weighted by Crippen LogP contribution is 2.15. The molecule has 0 bridgehead atoms. The number of amides is 1. The molecule has 118 valence electrons. The van der Waals surface area contributed by atoms with E-state index in [1.165, 1.54) is 5.56 Å². The summed E-state index contributed by atoms with van der Waals surface area (Å²) in [6.45, 7) is 8.42. The largest absolute Gasteiger partial charge is 0.374 e. The molecule has 2 heterocycles. The normalized spacial score (nSPS) is 20.1. The van der Waals surface area contributed by atoms with Gasteiger partial charge in [0.2, 0.25) is 5.91 Å². The van der Waals surface area contributed by atoms with Crippen molar-refractivity contribution in [3.05, 3.63) is 17.0 Å². The summed E-state index contributed by atoms with van der Waals surface area (Å²) in [5.41, 5.74) is 8.66. The van der Waals surface area contributed by atoms with Gasteiger partial charge in [0.1, 0.15) is 0 Å². The predicted octanol–water partition coefficient (Wildman–Crippen LogP) is -0.356. The molecule has 21 heavy (non-hydrogen) atoms. The van der Waals surface area contributed by atoms with Crippen LogP contribution < -0.4 is 5.73 Å². The molecule has 3 N–H and O–H groups in total. The number of hydrogen-bond donors (Lipinski definition) is 2. The number of nitrogens with zero attached hydrogens (tertiary/aromatic N) is 3. The van der Waals surface area contributed by atoms with E-state index in [0.717, 1.165) is 31.0 Å². The Kier molecular flexibility index (Phi) is 5.33. The fourth-order valence-corrected chi connectivity index (χ4v) is 2.74. The molecule has 1 fully saturated rings. The maximum Gasteiger partial charge on any atom is 0.231 e. The lowest BCUT2D eigenvalue weighted by atomic mass is 10.1. The second-order valence-electron chi connectivity index (χ2n) is 5.80. The lowest BCUT2D eigenvalue weighted by molar-refractivity contribution is -0.119. The van der Waals surface area contributed by atoms with Crippen LogP contribution in [0.5, 0.6) is 0 Å². The van der Waals surface area contributed by atoms with E-state index in [1.54, 1.807) is 0 Å². The number of carbonyl (C=O) groups is 1. The van der Waals surface area contributed by atoms with Crippen molar-refractivity contribution in [3.8, 4) is 0 Å². The van der Waals surface area contributed by atoms with Crippen LogP contribution in [0.4, 0.5) is 0 Å². The minimum absolute atomic E-state index is 0.107. The van der Waals surface area contributed by atoms with Gasteiger partial charge in [0.15, 0.2) is 0 Å². The zero-order chi connectivity index (χ0) is 15.4. The Morgan fingerprint density at radius 2 is 2.33 bits per heavy atom. The van der Waals surface area contributed by atoms with Crippen LogP contribution in [0.15, 0.2) is 0 Å². The molecule has 1 amide bonds. The van der Waals surface area contributed by atoms with E-state index in [1.807, 2.05) is 25.8 Å². The van der Waals surface area contributed by atoms with E-state index >= 15 is 0 Å². The summed E-state index contributed by atoms with van der Waals surface area (Å²) < 4.78 is 5.78. The fourth-order valence-electron chi connectivity index (χ4n) is 2.74. The molecule has 0 aliphatic carbocycles. The Balaban J connectivity index is 1.87. The number of ether oxygens (including phenoxy) is 1. The number of aromatic amines is 1. The second-order valence-corrected chi connectivity index (χ2v) is 5.80. The van der Waals surface area contributed by atoms with Crippen molar-refractivity contribution in [2.24, 2.45) is 5.73 Å². The Labute approximate surface area is 125 Å². The monoisotopic (exact) mass is 295 g/mol. The number of likely N-dealkylation sites (N-methyl/N-ethyl adjacent to an activating group) is 1. The molecule has 0 unspecified atom stereocenters. The minimum Gasteiger partial charge on any atom is -0.374 e. The Morgan fingerprint density at radius 1 is 1.57 bits per heavy atom. The molecule has 1 saturated heterocycles. The molecular weight excluding hydrogens is 270 g/mol. The molecule has 1 aromatic heterocycles. The average Bonchev–Trinajstić information content (AvgIpc) is 2.70. The highest BCUT2D eigenvalue weighted by molar-refractivity contribution is 5.75. The molecule has 1 atom stereocenters. The van der Waals surface area contributed by atoms with Gasteiger partial charge in [-0.3, -0.25) is 19.7 Å². The second kappa shape index (κ2) is 7.02. The number of nitrogens with two attached hydrogens (primary N) is 1. The van der Waals surface area contributed by atoms with Crippen molar-refractivity contribution >= 4 is 5.91 Å². The first kappa shape index (κ1) is 15.9. The van der Waals surface area contributed by atoms with Crippen LogP contribution in [0.25, 0.3) is 0 Å². The molecule has 0 radical (unpaired) electrons. The SMILES string of the molecule is Cc1n[nH]c(C)c1CN1CCO[C@H](CN(C)CC(N)=O)C1. The van der Waals surface area contributed by atoms with Crippen LogP contribution in [0.1, 0.15) is 17.0 Å². The molecule has 7 nitrogen and oxygen atoms in total. The van der Waals surface area contributed by atoms with Gasteiger partial charge in [-0.1, -0.05) is 0 Å². The van der Waals surface area contributed by atoms with E-state index in [0.29, 0.717) is 13.2 Å².